The fourth-order valence-corrected chi connectivity index (χ4v) is 3.66. The van der Waals surface area contributed by atoms with Crippen LogP contribution in [0.25, 0.3) is 10.9 Å². The number of pyridine rings is 1. The van der Waals surface area contributed by atoms with Crippen LogP contribution >= 0.6 is 0 Å². The van der Waals surface area contributed by atoms with E-state index in [2.05, 4.69) is 10.3 Å². The summed E-state index contributed by atoms with van der Waals surface area (Å²) in [7, 11) is 1.36. The number of nitrogens with zero attached hydrogens (tertiary/aromatic N) is 1. The highest BCUT2D eigenvalue weighted by Crippen LogP contribution is 2.38. The van der Waals surface area contributed by atoms with Crippen LogP contribution in [0, 0.1) is 11.7 Å². The van der Waals surface area contributed by atoms with Gasteiger partial charge >= 0.3 is 0 Å². The minimum atomic E-state index is -0.517. The predicted octanol–water partition coefficient (Wildman–Crippen LogP) is 3.62. The van der Waals surface area contributed by atoms with Gasteiger partial charge in [-0.15, -0.1) is 0 Å². The van der Waals surface area contributed by atoms with Crippen LogP contribution in [0.15, 0.2) is 54.7 Å². The number of fused-ring (bicyclic) bond motifs is 1. The van der Waals surface area contributed by atoms with E-state index in [1.807, 2.05) is 30.3 Å². The smallest absolute Gasteiger partial charge is 0.251 e. The van der Waals surface area contributed by atoms with Crippen LogP contribution in [0.3, 0.4) is 0 Å². The average molecular weight is 380 g/mol. The highest BCUT2D eigenvalue weighted by Gasteiger charge is 2.36. The molecular weight excluding hydrogens is 359 g/mol. The lowest BCUT2D eigenvalue weighted by atomic mass is 9.75. The van der Waals surface area contributed by atoms with Gasteiger partial charge in [-0.25, -0.2) is 4.39 Å². The summed E-state index contributed by atoms with van der Waals surface area (Å²) in [6, 6.07) is 13.5. The van der Waals surface area contributed by atoms with Gasteiger partial charge in [-0.3, -0.25) is 9.78 Å². The topological polar surface area (TPSA) is 71.5 Å². The van der Waals surface area contributed by atoms with E-state index in [4.69, 9.17) is 4.74 Å². The maximum atomic E-state index is 13.7. The SMILES string of the molecule is COc1cc(C(=O)NC(c2cnc3ccccc3c2)C2CC(O)C2)ccc1F. The molecule has 0 saturated heterocycles. The Morgan fingerprint density at radius 2 is 2.04 bits per heavy atom. The van der Waals surface area contributed by atoms with E-state index >= 15 is 0 Å². The zero-order valence-corrected chi connectivity index (χ0v) is 15.4. The molecule has 0 aliphatic heterocycles. The summed E-state index contributed by atoms with van der Waals surface area (Å²) in [5.74, 6) is -0.700. The van der Waals surface area contributed by atoms with Crippen molar-refractivity contribution in [1.82, 2.24) is 10.3 Å². The molecule has 3 aromatic rings. The molecule has 1 unspecified atom stereocenters. The number of benzene rings is 2. The number of ether oxygens (including phenoxy) is 1. The standard InChI is InChI=1S/C22H21FN2O3/c1-28-20-11-14(6-7-18(20)23)22(27)25-21(15-9-17(26)10-15)16-8-13-4-2-3-5-19(13)24-12-16/h2-8,11-12,15,17,21,26H,9-10H2,1H3,(H,25,27). The zero-order chi connectivity index (χ0) is 19.7. The molecule has 2 aromatic carbocycles. The summed E-state index contributed by atoms with van der Waals surface area (Å²) in [5.41, 5.74) is 2.09. The van der Waals surface area contributed by atoms with E-state index < -0.39 is 5.82 Å². The molecule has 1 aromatic heterocycles. The molecule has 2 N–H and O–H groups in total. The Kier molecular flexibility index (Phi) is 4.96. The van der Waals surface area contributed by atoms with Gasteiger partial charge < -0.3 is 15.2 Å². The van der Waals surface area contributed by atoms with E-state index in [1.165, 1.54) is 25.3 Å². The average Bonchev–Trinajstić information content (AvgIpc) is 2.69. The van der Waals surface area contributed by atoms with Gasteiger partial charge in [0.05, 0.1) is 24.8 Å². The molecule has 5 nitrogen and oxygen atoms in total. The number of halogens is 1. The van der Waals surface area contributed by atoms with Crippen molar-refractivity contribution >= 4 is 16.8 Å². The molecule has 0 bridgehead atoms. The molecule has 6 heteroatoms. The Morgan fingerprint density at radius 1 is 1.25 bits per heavy atom. The first-order valence-electron chi connectivity index (χ1n) is 9.22. The molecular formula is C22H21FN2O3. The monoisotopic (exact) mass is 380 g/mol. The molecule has 28 heavy (non-hydrogen) atoms. The van der Waals surface area contributed by atoms with Gasteiger partial charge in [0, 0.05) is 17.1 Å². The van der Waals surface area contributed by atoms with Crippen LogP contribution in [-0.2, 0) is 0 Å². The number of aromatic nitrogens is 1. The highest BCUT2D eigenvalue weighted by molar-refractivity contribution is 5.95. The first-order valence-corrected chi connectivity index (χ1v) is 9.22. The third-order valence-corrected chi connectivity index (χ3v) is 5.29. The summed E-state index contributed by atoms with van der Waals surface area (Å²) in [6.45, 7) is 0. The number of methoxy groups -OCH3 is 1. The summed E-state index contributed by atoms with van der Waals surface area (Å²) >= 11 is 0. The first kappa shape index (κ1) is 18.4. The zero-order valence-electron chi connectivity index (χ0n) is 15.4. The second-order valence-corrected chi connectivity index (χ2v) is 7.15. The molecule has 0 radical (unpaired) electrons. The Labute approximate surface area is 162 Å². The maximum absolute atomic E-state index is 13.7. The summed E-state index contributed by atoms with van der Waals surface area (Å²) in [4.78, 5) is 17.3. The molecule has 1 saturated carbocycles. The number of hydrogen-bond acceptors (Lipinski definition) is 4. The molecule has 1 atom stereocenters. The molecule has 0 spiro atoms. The van der Waals surface area contributed by atoms with Gasteiger partial charge in [0.25, 0.3) is 5.91 Å². The van der Waals surface area contributed by atoms with Gasteiger partial charge in [-0.1, -0.05) is 18.2 Å². The Hall–Kier alpha value is -2.99. The number of carbonyl (C=O) groups excluding carboxylic acids is 1. The van der Waals surface area contributed by atoms with Crippen molar-refractivity contribution in [1.29, 1.82) is 0 Å². The molecule has 1 aliphatic carbocycles. The van der Waals surface area contributed by atoms with E-state index in [0.29, 0.717) is 18.4 Å². The lowest BCUT2D eigenvalue weighted by Gasteiger charge is -2.38. The first-order chi connectivity index (χ1) is 13.5. The number of carbonyl (C=O) groups is 1. The minimum absolute atomic E-state index is 0.0237. The third-order valence-electron chi connectivity index (χ3n) is 5.29. The van der Waals surface area contributed by atoms with Crippen LogP contribution in [-0.4, -0.2) is 29.2 Å². The number of nitrogens with one attached hydrogen (secondary N) is 1. The number of amides is 1. The van der Waals surface area contributed by atoms with Crippen molar-refractivity contribution < 1.29 is 19.0 Å². The van der Waals surface area contributed by atoms with E-state index in [0.717, 1.165) is 16.5 Å². The summed E-state index contributed by atoms with van der Waals surface area (Å²) in [6.07, 6.45) is 2.65. The number of para-hydroxylation sites is 1. The normalized spacial score (nSPS) is 19.7. The lowest BCUT2D eigenvalue weighted by Crippen LogP contribution is -2.41. The van der Waals surface area contributed by atoms with Gasteiger partial charge in [-0.2, -0.15) is 0 Å². The summed E-state index contributed by atoms with van der Waals surface area (Å²) < 4.78 is 18.6. The van der Waals surface area contributed by atoms with E-state index in [1.54, 1.807) is 6.20 Å². The van der Waals surface area contributed by atoms with Crippen LogP contribution in [0.4, 0.5) is 4.39 Å². The van der Waals surface area contributed by atoms with Crippen molar-refractivity contribution in [2.45, 2.75) is 25.0 Å². The van der Waals surface area contributed by atoms with Crippen LogP contribution in [0.2, 0.25) is 0 Å². The number of rotatable bonds is 5. The number of aliphatic hydroxyl groups is 1. The number of hydrogen-bond donors (Lipinski definition) is 2. The molecule has 1 aliphatic rings. The molecule has 1 heterocycles. The Morgan fingerprint density at radius 3 is 2.79 bits per heavy atom. The van der Waals surface area contributed by atoms with Crippen LogP contribution in [0.1, 0.15) is 34.8 Å². The molecule has 4 rings (SSSR count). The second-order valence-electron chi connectivity index (χ2n) is 7.15. The Balaban J connectivity index is 1.63. The quantitative estimate of drug-likeness (QED) is 0.709. The van der Waals surface area contributed by atoms with Crippen molar-refractivity contribution in [3.8, 4) is 5.75 Å². The van der Waals surface area contributed by atoms with Gasteiger partial charge in [0.1, 0.15) is 0 Å². The van der Waals surface area contributed by atoms with Gasteiger partial charge in [-0.05, 0) is 54.7 Å². The third kappa shape index (κ3) is 3.55. The highest BCUT2D eigenvalue weighted by atomic mass is 19.1. The fourth-order valence-electron chi connectivity index (χ4n) is 3.66. The number of aliphatic hydroxyl groups excluding tert-OH is 1. The van der Waals surface area contributed by atoms with E-state index in [-0.39, 0.29) is 29.7 Å². The maximum Gasteiger partial charge on any atom is 0.251 e. The molecule has 1 amide bonds. The van der Waals surface area contributed by atoms with Crippen molar-refractivity contribution in [2.75, 3.05) is 7.11 Å². The fraction of sp³-hybridized carbons (Fsp3) is 0.273. The van der Waals surface area contributed by atoms with Crippen molar-refractivity contribution in [2.24, 2.45) is 5.92 Å². The molecule has 144 valence electrons. The minimum Gasteiger partial charge on any atom is -0.494 e. The Bertz CT molecular complexity index is 1020. The predicted molar refractivity (Wildman–Crippen MR) is 104 cm³/mol. The van der Waals surface area contributed by atoms with Gasteiger partial charge in [0.2, 0.25) is 0 Å². The van der Waals surface area contributed by atoms with Crippen LogP contribution in [0.5, 0.6) is 5.75 Å². The largest absolute Gasteiger partial charge is 0.494 e. The second kappa shape index (κ2) is 7.56. The summed E-state index contributed by atoms with van der Waals surface area (Å²) in [5, 5.41) is 13.8. The van der Waals surface area contributed by atoms with Crippen molar-refractivity contribution in [3.63, 3.8) is 0 Å². The van der Waals surface area contributed by atoms with Gasteiger partial charge in [0.15, 0.2) is 11.6 Å². The molecule has 1 fully saturated rings. The lowest BCUT2D eigenvalue weighted by molar-refractivity contribution is 0.0235. The van der Waals surface area contributed by atoms with Crippen LogP contribution < -0.4 is 10.1 Å². The van der Waals surface area contributed by atoms with E-state index in [9.17, 15) is 14.3 Å². The van der Waals surface area contributed by atoms with Crippen molar-refractivity contribution in [3.05, 3.63) is 71.7 Å².